The van der Waals surface area contributed by atoms with Crippen LogP contribution in [0.1, 0.15) is 17.5 Å². The minimum absolute atomic E-state index is 0.189. The van der Waals surface area contributed by atoms with Gasteiger partial charge in [-0.25, -0.2) is 5.43 Å². The third-order valence-electron chi connectivity index (χ3n) is 4.12. The van der Waals surface area contributed by atoms with E-state index in [4.69, 9.17) is 4.74 Å². The van der Waals surface area contributed by atoms with Crippen molar-refractivity contribution >= 4 is 12.1 Å². The Morgan fingerprint density at radius 2 is 2.00 bits per heavy atom. The molecule has 0 unspecified atom stereocenters. The van der Waals surface area contributed by atoms with Crippen LogP contribution in [0.3, 0.4) is 0 Å². The van der Waals surface area contributed by atoms with Gasteiger partial charge in [-0.3, -0.25) is 9.89 Å². The molecule has 3 aromatic rings. The highest BCUT2D eigenvalue weighted by Gasteiger charge is 2.07. The van der Waals surface area contributed by atoms with Crippen LogP contribution in [0.4, 0.5) is 0 Å². The van der Waals surface area contributed by atoms with Crippen LogP contribution in [0.2, 0.25) is 0 Å². The number of ether oxygens (including phenoxy) is 1. The van der Waals surface area contributed by atoms with Crippen molar-refractivity contribution in [2.75, 3.05) is 7.11 Å². The first kappa shape index (κ1) is 19.0. The molecule has 2 aromatic carbocycles. The number of carbonyl (C=O) groups excluding carboxylic acids is 1. The Morgan fingerprint density at radius 3 is 2.71 bits per heavy atom. The Bertz CT molecular complexity index is 980. The van der Waals surface area contributed by atoms with Crippen molar-refractivity contribution in [3.8, 4) is 28.5 Å². The summed E-state index contributed by atoms with van der Waals surface area (Å²) in [5.74, 6) is 0.0959. The lowest BCUT2D eigenvalue weighted by Crippen LogP contribution is -2.17. The van der Waals surface area contributed by atoms with Gasteiger partial charge in [0, 0.05) is 17.5 Å². The molecular formula is C20H20N4O4. The van der Waals surface area contributed by atoms with Crippen LogP contribution in [-0.2, 0) is 11.2 Å². The third-order valence-corrected chi connectivity index (χ3v) is 4.12. The SMILES string of the molecule is COc1ccc(-c2[nH]ncc2C=NNC(=O)CCc2ccc(O)c(O)c2)cc1. The lowest BCUT2D eigenvalue weighted by Gasteiger charge is -2.04. The molecule has 28 heavy (non-hydrogen) atoms. The summed E-state index contributed by atoms with van der Waals surface area (Å²) in [7, 11) is 1.61. The molecule has 1 amide bonds. The maximum atomic E-state index is 11.9. The molecule has 0 spiro atoms. The average Bonchev–Trinajstić information content (AvgIpc) is 3.17. The van der Waals surface area contributed by atoms with Crippen LogP contribution in [-0.4, -0.2) is 39.6 Å². The van der Waals surface area contributed by atoms with Crippen molar-refractivity contribution in [3.63, 3.8) is 0 Å². The minimum atomic E-state index is -0.265. The number of carbonyl (C=O) groups is 1. The molecule has 0 bridgehead atoms. The predicted octanol–water partition coefficient (Wildman–Crippen LogP) is 2.58. The van der Waals surface area contributed by atoms with E-state index in [0.717, 1.165) is 28.1 Å². The number of nitrogens with one attached hydrogen (secondary N) is 2. The second kappa shape index (κ2) is 8.72. The van der Waals surface area contributed by atoms with Gasteiger partial charge in [0.25, 0.3) is 0 Å². The van der Waals surface area contributed by atoms with Crippen LogP contribution in [0.15, 0.2) is 53.8 Å². The number of phenolic OH excluding ortho intramolecular Hbond substituents is 2. The molecule has 1 heterocycles. The molecule has 0 aliphatic rings. The van der Waals surface area contributed by atoms with Gasteiger partial charge in [-0.1, -0.05) is 6.07 Å². The molecule has 0 saturated heterocycles. The van der Waals surface area contributed by atoms with Gasteiger partial charge in [-0.15, -0.1) is 0 Å². The fraction of sp³-hybridized carbons (Fsp3) is 0.150. The number of rotatable bonds is 7. The van der Waals surface area contributed by atoms with Gasteiger partial charge in [-0.05, 0) is 48.4 Å². The standard InChI is InChI=1S/C20H20N4O4/c1-28-16-6-4-14(5-7-16)20-15(12-22-24-20)11-21-23-19(27)9-3-13-2-8-17(25)18(26)10-13/h2,4-8,10-12,25-26H,3,9H2,1H3,(H,22,24)(H,23,27). The number of benzene rings is 2. The monoisotopic (exact) mass is 380 g/mol. The molecule has 3 rings (SSSR count). The topological polar surface area (TPSA) is 120 Å². The number of aryl methyl sites for hydroxylation is 1. The number of hydrogen-bond acceptors (Lipinski definition) is 6. The van der Waals surface area contributed by atoms with Gasteiger partial charge in [0.15, 0.2) is 11.5 Å². The second-order valence-corrected chi connectivity index (χ2v) is 6.05. The zero-order chi connectivity index (χ0) is 19.9. The summed E-state index contributed by atoms with van der Waals surface area (Å²) in [5.41, 5.74) is 5.64. The van der Waals surface area contributed by atoms with Crippen LogP contribution >= 0.6 is 0 Å². The van der Waals surface area contributed by atoms with Crippen molar-refractivity contribution in [1.82, 2.24) is 15.6 Å². The highest BCUT2D eigenvalue weighted by molar-refractivity contribution is 5.89. The van der Waals surface area contributed by atoms with Crippen molar-refractivity contribution in [2.24, 2.45) is 5.10 Å². The van der Waals surface area contributed by atoms with E-state index in [2.05, 4.69) is 20.7 Å². The number of aromatic hydroxyl groups is 2. The molecule has 0 aliphatic heterocycles. The Kier molecular flexibility index (Phi) is 5.91. The number of hydrazone groups is 1. The lowest BCUT2D eigenvalue weighted by molar-refractivity contribution is -0.121. The van der Waals surface area contributed by atoms with E-state index in [9.17, 15) is 15.0 Å². The van der Waals surface area contributed by atoms with Gasteiger partial charge in [-0.2, -0.15) is 10.2 Å². The summed E-state index contributed by atoms with van der Waals surface area (Å²) in [6.45, 7) is 0. The number of aromatic amines is 1. The normalized spacial score (nSPS) is 10.9. The second-order valence-electron chi connectivity index (χ2n) is 6.05. The van der Waals surface area contributed by atoms with Gasteiger partial charge in [0.1, 0.15) is 5.75 Å². The first-order valence-corrected chi connectivity index (χ1v) is 8.57. The van der Waals surface area contributed by atoms with Crippen molar-refractivity contribution in [3.05, 3.63) is 59.8 Å². The maximum absolute atomic E-state index is 11.9. The zero-order valence-corrected chi connectivity index (χ0v) is 15.2. The predicted molar refractivity (Wildman–Crippen MR) is 104 cm³/mol. The van der Waals surface area contributed by atoms with Gasteiger partial charge < -0.3 is 14.9 Å². The Morgan fingerprint density at radius 1 is 1.21 bits per heavy atom. The lowest BCUT2D eigenvalue weighted by atomic mass is 10.1. The maximum Gasteiger partial charge on any atom is 0.240 e. The third kappa shape index (κ3) is 4.67. The molecular weight excluding hydrogens is 360 g/mol. The molecule has 0 fully saturated rings. The van der Waals surface area contributed by atoms with Crippen LogP contribution in [0.25, 0.3) is 11.3 Å². The first-order chi connectivity index (χ1) is 13.6. The number of H-pyrrole nitrogens is 1. The van der Waals surface area contributed by atoms with Crippen molar-refractivity contribution in [1.29, 1.82) is 0 Å². The number of amides is 1. The first-order valence-electron chi connectivity index (χ1n) is 8.57. The van der Waals surface area contributed by atoms with E-state index < -0.39 is 0 Å². The molecule has 8 nitrogen and oxygen atoms in total. The molecule has 0 aliphatic carbocycles. The van der Waals surface area contributed by atoms with E-state index in [0.29, 0.717) is 6.42 Å². The summed E-state index contributed by atoms with van der Waals surface area (Å²) >= 11 is 0. The van der Waals surface area contributed by atoms with Crippen LogP contribution in [0.5, 0.6) is 17.2 Å². The molecule has 144 valence electrons. The molecule has 0 saturated carbocycles. The summed E-state index contributed by atoms with van der Waals surface area (Å²) < 4.78 is 5.15. The highest BCUT2D eigenvalue weighted by atomic mass is 16.5. The molecule has 0 atom stereocenters. The van der Waals surface area contributed by atoms with E-state index in [1.807, 2.05) is 24.3 Å². The van der Waals surface area contributed by atoms with Gasteiger partial charge in [0.05, 0.1) is 25.2 Å². The van der Waals surface area contributed by atoms with E-state index in [1.54, 1.807) is 19.4 Å². The summed E-state index contributed by atoms with van der Waals surface area (Å²) in [6.07, 6.45) is 3.75. The molecule has 4 N–H and O–H groups in total. The van der Waals surface area contributed by atoms with Crippen molar-refractivity contribution in [2.45, 2.75) is 12.8 Å². The number of hydrogen-bond donors (Lipinski definition) is 4. The summed E-state index contributed by atoms with van der Waals surface area (Å²) in [6, 6.07) is 12.0. The molecule has 0 radical (unpaired) electrons. The van der Waals surface area contributed by atoms with Gasteiger partial charge in [0.2, 0.25) is 5.91 Å². The fourth-order valence-corrected chi connectivity index (χ4v) is 2.59. The minimum Gasteiger partial charge on any atom is -0.504 e. The van der Waals surface area contributed by atoms with Crippen LogP contribution < -0.4 is 10.2 Å². The molecule has 8 heteroatoms. The Hall–Kier alpha value is -3.81. The van der Waals surface area contributed by atoms with Crippen molar-refractivity contribution < 1.29 is 19.7 Å². The Labute approximate surface area is 161 Å². The number of methoxy groups -OCH3 is 1. The summed E-state index contributed by atoms with van der Waals surface area (Å²) in [4.78, 5) is 11.9. The van der Waals surface area contributed by atoms with Crippen LogP contribution in [0, 0.1) is 0 Å². The number of nitrogens with zero attached hydrogens (tertiary/aromatic N) is 2. The quantitative estimate of drug-likeness (QED) is 0.285. The van der Waals surface area contributed by atoms with E-state index in [-0.39, 0.29) is 23.8 Å². The van der Waals surface area contributed by atoms with E-state index in [1.165, 1.54) is 18.3 Å². The Balaban J connectivity index is 1.56. The zero-order valence-electron chi connectivity index (χ0n) is 15.2. The van der Waals surface area contributed by atoms with E-state index >= 15 is 0 Å². The molecule has 1 aromatic heterocycles. The smallest absolute Gasteiger partial charge is 0.240 e. The van der Waals surface area contributed by atoms with Gasteiger partial charge >= 0.3 is 0 Å². The average molecular weight is 380 g/mol. The fourth-order valence-electron chi connectivity index (χ4n) is 2.59. The summed E-state index contributed by atoms with van der Waals surface area (Å²) in [5, 5.41) is 29.7. The number of phenols is 2. The largest absolute Gasteiger partial charge is 0.504 e. The highest BCUT2D eigenvalue weighted by Crippen LogP contribution is 2.25. The number of aromatic nitrogens is 2.